The summed E-state index contributed by atoms with van der Waals surface area (Å²) >= 11 is 1.30. The zero-order valence-corrected chi connectivity index (χ0v) is 20.0. The van der Waals surface area contributed by atoms with Gasteiger partial charge in [-0.05, 0) is 11.1 Å². The largest absolute Gasteiger partial charge is 0.0622 e. The first-order valence-corrected chi connectivity index (χ1v) is 11.3. The van der Waals surface area contributed by atoms with Gasteiger partial charge in [0.1, 0.15) is 0 Å². The third kappa shape index (κ3) is 8.45. The minimum Gasteiger partial charge on any atom is -0.0622 e. The van der Waals surface area contributed by atoms with Crippen molar-refractivity contribution < 1.29 is 24.2 Å². The van der Waals surface area contributed by atoms with E-state index in [1.54, 1.807) is 0 Å². The van der Waals surface area contributed by atoms with Gasteiger partial charge in [0.15, 0.2) is 0 Å². The molecule has 0 bridgehead atoms. The number of hydrogen-bond acceptors (Lipinski definition) is 0. The van der Waals surface area contributed by atoms with E-state index in [0.29, 0.717) is 5.92 Å². The molecule has 1 unspecified atom stereocenters. The van der Waals surface area contributed by atoms with Crippen LogP contribution < -0.4 is 0 Å². The summed E-state index contributed by atoms with van der Waals surface area (Å²) in [5.41, 5.74) is 6.80. The van der Waals surface area contributed by atoms with Crippen molar-refractivity contribution in [3.63, 3.8) is 0 Å². The smallest absolute Gasteiger partial charge is 0.0184 e. The SMILES string of the molecule is CC1=[C-]C(C)C(C)=C1C.[C-]1=CC=CC1.[CH2]=[Zr+2].c1ccc(-c2ccccc2)cc1. The Bertz CT molecular complexity index is 760. The minimum atomic E-state index is 0.560. The predicted molar refractivity (Wildman–Crippen MR) is 121 cm³/mol. The quantitative estimate of drug-likeness (QED) is 0.403. The van der Waals surface area contributed by atoms with Crippen molar-refractivity contribution in [1.82, 2.24) is 0 Å². The van der Waals surface area contributed by atoms with Gasteiger partial charge in [-0.1, -0.05) is 87.4 Å². The number of hydrogen-bond donors (Lipinski definition) is 0. The fourth-order valence-electron chi connectivity index (χ4n) is 2.76. The molecule has 2 aliphatic carbocycles. The molecule has 0 fully saturated rings. The average Bonchev–Trinajstić information content (AvgIpc) is 3.41. The summed E-state index contributed by atoms with van der Waals surface area (Å²) in [4.78, 5) is 0. The van der Waals surface area contributed by atoms with Crippen LogP contribution in [0, 0.1) is 18.1 Å². The first-order chi connectivity index (χ1) is 13.6. The van der Waals surface area contributed by atoms with Crippen LogP contribution in [0.4, 0.5) is 0 Å². The Hall–Kier alpha value is -1.85. The zero-order valence-electron chi connectivity index (χ0n) is 17.5. The standard InChI is InChI=1S/C12H10.C9H13.C5H5.CH2.Zr/c1-3-7-11(8-4-1)12-9-5-2-6-10-12;1-6-5-7(2)9(4)8(6)3;1-2-4-5-3-1;;/h1-10H;6H,1-4H3;1-3H,4H2;1H2;/q;2*-1;;+2. The predicted octanol–water partition coefficient (Wildman–Crippen LogP) is 7.35. The normalized spacial score (nSPS) is 16.2. The van der Waals surface area contributed by atoms with E-state index in [9.17, 15) is 0 Å². The molecule has 0 aromatic heterocycles. The van der Waals surface area contributed by atoms with Gasteiger partial charge >= 0.3 is 28.4 Å². The summed E-state index contributed by atoms with van der Waals surface area (Å²) in [7, 11) is 0. The monoisotopic (exact) mass is 444 g/mol. The Labute approximate surface area is 186 Å². The Kier molecular flexibility index (Phi) is 12.3. The van der Waals surface area contributed by atoms with Crippen molar-refractivity contribution in [2.45, 2.75) is 34.1 Å². The summed E-state index contributed by atoms with van der Waals surface area (Å²) in [5, 5.41) is 0. The average molecular weight is 446 g/mol. The molecule has 2 aromatic carbocycles. The van der Waals surface area contributed by atoms with Crippen molar-refractivity contribution in [1.29, 1.82) is 0 Å². The van der Waals surface area contributed by atoms with E-state index in [2.05, 4.69) is 98.7 Å². The van der Waals surface area contributed by atoms with Crippen LogP contribution in [-0.2, 0) is 24.2 Å². The first-order valence-electron chi connectivity index (χ1n) is 9.55. The van der Waals surface area contributed by atoms with Crippen molar-refractivity contribution in [3.05, 3.63) is 108 Å². The Morgan fingerprint density at radius 2 is 1.36 bits per heavy atom. The van der Waals surface area contributed by atoms with Crippen molar-refractivity contribution in [3.8, 4) is 11.1 Å². The van der Waals surface area contributed by atoms with Crippen LogP contribution in [0.5, 0.6) is 0 Å². The van der Waals surface area contributed by atoms with Crippen LogP contribution in [0.15, 0.2) is 95.6 Å². The van der Waals surface area contributed by atoms with Gasteiger partial charge in [0.25, 0.3) is 0 Å². The van der Waals surface area contributed by atoms with E-state index < -0.39 is 0 Å². The van der Waals surface area contributed by atoms with Gasteiger partial charge in [0.05, 0.1) is 0 Å². The second-order valence-electron chi connectivity index (χ2n) is 6.53. The summed E-state index contributed by atoms with van der Waals surface area (Å²) in [6.07, 6.45) is 13.4. The molecule has 2 aromatic rings. The molecular weight excluding hydrogens is 416 g/mol. The second kappa shape index (κ2) is 14.2. The molecule has 0 heterocycles. The maximum atomic E-state index is 3.36. The third-order valence-corrected chi connectivity index (χ3v) is 4.70. The molecular formula is C27H30Zr. The molecule has 0 saturated heterocycles. The fourth-order valence-corrected chi connectivity index (χ4v) is 2.76. The molecule has 0 saturated carbocycles. The van der Waals surface area contributed by atoms with Crippen molar-refractivity contribution in [2.24, 2.45) is 5.92 Å². The summed E-state index contributed by atoms with van der Waals surface area (Å²) in [5.74, 6) is 0.560. The van der Waals surface area contributed by atoms with Gasteiger partial charge in [-0.25, -0.2) is 17.7 Å². The van der Waals surface area contributed by atoms with Gasteiger partial charge < -0.3 is 0 Å². The summed E-state index contributed by atoms with van der Waals surface area (Å²) in [6.45, 7) is 8.67. The van der Waals surface area contributed by atoms with E-state index in [-0.39, 0.29) is 0 Å². The topological polar surface area (TPSA) is 0 Å². The van der Waals surface area contributed by atoms with Crippen LogP contribution in [0.3, 0.4) is 0 Å². The van der Waals surface area contributed by atoms with E-state index in [4.69, 9.17) is 0 Å². The molecule has 0 radical (unpaired) electrons. The molecule has 2 aliphatic rings. The van der Waals surface area contributed by atoms with E-state index in [1.165, 1.54) is 52.1 Å². The number of benzene rings is 2. The molecule has 1 heteroatoms. The molecule has 0 N–H and O–H groups in total. The van der Waals surface area contributed by atoms with Gasteiger partial charge in [0, 0.05) is 0 Å². The molecule has 0 aliphatic heterocycles. The van der Waals surface area contributed by atoms with Gasteiger partial charge in [-0.3, -0.25) is 12.2 Å². The van der Waals surface area contributed by atoms with E-state index in [1.807, 2.05) is 24.3 Å². The van der Waals surface area contributed by atoms with E-state index >= 15 is 0 Å². The van der Waals surface area contributed by atoms with Crippen LogP contribution in [0.25, 0.3) is 11.1 Å². The molecule has 0 spiro atoms. The van der Waals surface area contributed by atoms with Gasteiger partial charge in [-0.2, -0.15) is 17.2 Å². The minimum absolute atomic E-state index is 0.560. The summed E-state index contributed by atoms with van der Waals surface area (Å²) < 4.78 is 3.34. The van der Waals surface area contributed by atoms with Crippen molar-refractivity contribution in [2.75, 3.05) is 0 Å². The molecule has 1 atom stereocenters. The maximum Gasteiger partial charge on any atom is -0.0184 e. The Balaban J connectivity index is 0.000000216. The maximum absolute atomic E-state index is 3.36. The number of allylic oxidation sites excluding steroid dienone is 8. The van der Waals surface area contributed by atoms with Crippen LogP contribution in [0.1, 0.15) is 34.1 Å². The van der Waals surface area contributed by atoms with Crippen LogP contribution in [-0.4, -0.2) is 4.21 Å². The third-order valence-electron chi connectivity index (χ3n) is 4.70. The van der Waals surface area contributed by atoms with Gasteiger partial charge in [0.2, 0.25) is 0 Å². The van der Waals surface area contributed by atoms with Crippen molar-refractivity contribution >= 4 is 4.21 Å². The zero-order chi connectivity index (χ0) is 20.8. The molecule has 0 amide bonds. The van der Waals surface area contributed by atoms with E-state index in [0.717, 1.165) is 6.42 Å². The Morgan fingerprint density at radius 3 is 1.57 bits per heavy atom. The van der Waals surface area contributed by atoms with Crippen LogP contribution in [0.2, 0.25) is 0 Å². The second-order valence-corrected chi connectivity index (χ2v) is 6.53. The first kappa shape index (κ1) is 24.2. The number of rotatable bonds is 1. The summed E-state index contributed by atoms with van der Waals surface area (Å²) in [6, 6.07) is 20.8. The van der Waals surface area contributed by atoms with Gasteiger partial charge in [-0.15, -0.1) is 13.3 Å². The molecule has 142 valence electrons. The Morgan fingerprint density at radius 1 is 0.857 bits per heavy atom. The fraction of sp³-hybridized carbons (Fsp3) is 0.222. The van der Waals surface area contributed by atoms with Crippen LogP contribution >= 0.6 is 0 Å². The molecule has 4 rings (SSSR count). The molecule has 28 heavy (non-hydrogen) atoms. The molecule has 0 nitrogen and oxygen atoms in total.